The molecule has 98 heavy (non-hydrogen) atoms. The molecular weight excluding hydrogens is 1260 g/mol. The molecule has 2 heterocycles. The predicted octanol–water partition coefficient (Wildman–Crippen LogP) is 24.6. The van der Waals surface area contributed by atoms with E-state index in [1.54, 1.807) is 12.1 Å². The Morgan fingerprint density at radius 1 is 0.235 bits per heavy atom. The Morgan fingerprint density at radius 3 is 1.00 bits per heavy atom. The number of benzene rings is 16. The standard InChI is InChI=1S/C46H28O.C34H21Br.C12H9BO3/c1-3-12-29(13-4-1)40-28-39(31-26-24-30(25-27-31)34-19-11-20-36-35-18-7-8-23-41(35)47-46(34)36)43(33-14-5-2-6-15-33)45-38-22-10-17-32-16-9-21-37(42(32)38)44(40)45;35-26-19-17-23(18-20-26)29-21-30(22-9-3-1-4-10-22)33-27-15-7-13-24-14-8-16-28(31(24)27)34(33)32(29)25-11-5-2-6-12-25;14-13(15)10-6-3-5-9-8-4-1-2-7-11(8)16-12(9)10/h1-28H;1-21H;1-7,14-15H. The Kier molecular flexibility index (Phi) is 14.6. The van der Waals surface area contributed by atoms with Gasteiger partial charge in [-0.05, 0) is 175 Å². The molecule has 2 aliphatic carbocycles. The van der Waals surface area contributed by atoms with Gasteiger partial charge in [-0.15, -0.1) is 0 Å². The van der Waals surface area contributed by atoms with Crippen molar-refractivity contribution in [3.63, 3.8) is 0 Å². The molecule has 0 radical (unpaired) electrons. The fraction of sp³-hybridized carbons (Fsp3) is 0. The zero-order chi connectivity index (χ0) is 65.4. The van der Waals surface area contributed by atoms with Crippen LogP contribution >= 0.6 is 15.9 Å². The summed E-state index contributed by atoms with van der Waals surface area (Å²) in [6.45, 7) is 0. The summed E-state index contributed by atoms with van der Waals surface area (Å²) in [6, 6.07) is 121. The molecule has 460 valence electrons. The monoisotopic (exact) mass is 1320 g/mol. The lowest BCUT2D eigenvalue weighted by Gasteiger charge is -2.21. The first-order chi connectivity index (χ1) is 48.4. The highest BCUT2D eigenvalue weighted by Gasteiger charge is 2.32. The number of furan rings is 2. The van der Waals surface area contributed by atoms with Crippen LogP contribution in [-0.2, 0) is 0 Å². The highest BCUT2D eigenvalue weighted by Crippen LogP contribution is 2.59. The molecule has 0 aliphatic heterocycles. The van der Waals surface area contributed by atoms with Crippen molar-refractivity contribution in [3.05, 3.63) is 344 Å². The summed E-state index contributed by atoms with van der Waals surface area (Å²) in [4.78, 5) is 0. The summed E-state index contributed by atoms with van der Waals surface area (Å²) >= 11 is 3.62. The van der Waals surface area contributed by atoms with Crippen molar-refractivity contribution in [3.8, 4) is 122 Å². The summed E-state index contributed by atoms with van der Waals surface area (Å²) in [6.07, 6.45) is 0. The third kappa shape index (κ3) is 9.91. The van der Waals surface area contributed by atoms with Gasteiger partial charge < -0.3 is 18.9 Å². The minimum Gasteiger partial charge on any atom is -0.456 e. The van der Waals surface area contributed by atoms with E-state index in [0.717, 1.165) is 53.9 Å². The first kappa shape index (κ1) is 58.7. The van der Waals surface area contributed by atoms with Crippen molar-refractivity contribution in [2.45, 2.75) is 0 Å². The number of hydrogen-bond acceptors (Lipinski definition) is 4. The third-order valence-electron chi connectivity index (χ3n) is 19.6. The van der Waals surface area contributed by atoms with Gasteiger partial charge in [0, 0.05) is 37.0 Å². The lowest BCUT2D eigenvalue weighted by molar-refractivity contribution is 0.425. The van der Waals surface area contributed by atoms with Gasteiger partial charge in [0.1, 0.15) is 22.3 Å². The molecule has 0 atom stereocenters. The maximum absolute atomic E-state index is 9.24. The minimum absolute atomic E-state index is 0.397. The van der Waals surface area contributed by atoms with Crippen LogP contribution in [0.1, 0.15) is 0 Å². The Balaban J connectivity index is 0.000000119. The van der Waals surface area contributed by atoms with Crippen LogP contribution in [0.3, 0.4) is 0 Å². The molecule has 0 saturated carbocycles. The van der Waals surface area contributed by atoms with E-state index in [4.69, 9.17) is 8.83 Å². The van der Waals surface area contributed by atoms with E-state index in [9.17, 15) is 10.0 Å². The smallest absolute Gasteiger partial charge is 0.456 e. The van der Waals surface area contributed by atoms with Gasteiger partial charge in [0.2, 0.25) is 0 Å². The van der Waals surface area contributed by atoms with Gasteiger partial charge >= 0.3 is 7.12 Å². The first-order valence-corrected chi connectivity index (χ1v) is 33.9. The number of para-hydroxylation sites is 4. The van der Waals surface area contributed by atoms with Gasteiger partial charge in [-0.3, -0.25) is 0 Å². The second-order valence-corrected chi connectivity index (χ2v) is 26.1. The van der Waals surface area contributed by atoms with Crippen LogP contribution in [0.5, 0.6) is 0 Å². The molecule has 2 N–H and O–H groups in total. The number of rotatable bonds is 8. The second-order valence-electron chi connectivity index (χ2n) is 25.1. The lowest BCUT2D eigenvalue weighted by Crippen LogP contribution is -2.29. The molecule has 20 rings (SSSR count). The van der Waals surface area contributed by atoms with Crippen molar-refractivity contribution in [2.75, 3.05) is 0 Å². The maximum Gasteiger partial charge on any atom is 0.492 e. The largest absolute Gasteiger partial charge is 0.492 e. The van der Waals surface area contributed by atoms with Crippen LogP contribution in [0.2, 0.25) is 0 Å². The first-order valence-electron chi connectivity index (χ1n) is 33.1. The van der Waals surface area contributed by atoms with Crippen molar-refractivity contribution in [1.29, 1.82) is 0 Å². The zero-order valence-corrected chi connectivity index (χ0v) is 54.6. The van der Waals surface area contributed by atoms with E-state index in [1.807, 2.05) is 42.5 Å². The average molecular weight is 1320 g/mol. The average Bonchev–Trinajstić information content (AvgIpc) is 1.53. The van der Waals surface area contributed by atoms with Gasteiger partial charge in [-0.1, -0.05) is 319 Å². The fourth-order valence-corrected chi connectivity index (χ4v) is 15.6. The van der Waals surface area contributed by atoms with Gasteiger partial charge in [0.25, 0.3) is 0 Å². The van der Waals surface area contributed by atoms with Crippen molar-refractivity contribution < 1.29 is 18.9 Å². The quantitative estimate of drug-likeness (QED) is 0.149. The third-order valence-corrected chi connectivity index (χ3v) is 20.1. The molecule has 0 spiro atoms. The van der Waals surface area contributed by atoms with Gasteiger partial charge in [0.05, 0.1) is 0 Å². The summed E-state index contributed by atoms with van der Waals surface area (Å²) in [7, 11) is -1.51. The molecule has 2 aromatic heterocycles. The van der Waals surface area contributed by atoms with E-state index >= 15 is 0 Å². The van der Waals surface area contributed by atoms with E-state index in [-0.39, 0.29) is 0 Å². The minimum atomic E-state index is -1.51. The molecule has 0 amide bonds. The van der Waals surface area contributed by atoms with Crippen LogP contribution in [0.4, 0.5) is 0 Å². The molecular formula is C92H58BBrO4. The molecule has 4 nitrogen and oxygen atoms in total. The van der Waals surface area contributed by atoms with Gasteiger partial charge in [-0.2, -0.15) is 0 Å². The number of halogens is 1. The van der Waals surface area contributed by atoms with Crippen LogP contribution in [0.15, 0.2) is 353 Å². The zero-order valence-electron chi connectivity index (χ0n) is 53.0. The summed E-state index contributed by atoms with van der Waals surface area (Å²) < 4.78 is 13.1. The van der Waals surface area contributed by atoms with Crippen LogP contribution in [0, 0.1) is 0 Å². The highest BCUT2D eigenvalue weighted by molar-refractivity contribution is 9.10. The summed E-state index contributed by atoms with van der Waals surface area (Å²) in [5.74, 6) is 0. The normalized spacial score (nSPS) is 11.6. The fourth-order valence-electron chi connectivity index (χ4n) is 15.3. The van der Waals surface area contributed by atoms with E-state index in [0.29, 0.717) is 11.0 Å². The molecule has 16 aromatic carbocycles. The second kappa shape index (κ2) is 24.4. The van der Waals surface area contributed by atoms with Crippen LogP contribution in [-0.4, -0.2) is 17.2 Å². The molecule has 6 heteroatoms. The summed E-state index contributed by atoms with van der Waals surface area (Å²) in [5, 5.41) is 27.9. The maximum atomic E-state index is 9.24. The SMILES string of the molecule is Brc1ccc(-c2cc(-c3ccccc3)c3c(c2-c2ccccc2)-c2cccc4cccc-3c24)cc1.OB(O)c1cccc2c1oc1ccccc12.c1ccc(-c2cc(-c3ccc(-c4cccc5c4oc4ccccc45)cc3)c(-c3ccccc3)c3c2-c2cccc4cccc-3c24)cc1. The summed E-state index contributed by atoms with van der Waals surface area (Å²) in [5.41, 5.74) is 31.3. The van der Waals surface area contributed by atoms with Crippen molar-refractivity contribution in [2.24, 2.45) is 0 Å². The molecule has 0 fully saturated rings. The Bertz CT molecular complexity index is 6110. The van der Waals surface area contributed by atoms with Crippen LogP contribution in [0.25, 0.3) is 188 Å². The highest BCUT2D eigenvalue weighted by atomic mass is 79.9. The topological polar surface area (TPSA) is 66.7 Å². The van der Waals surface area contributed by atoms with Gasteiger partial charge in [0.15, 0.2) is 0 Å². The predicted molar refractivity (Wildman–Crippen MR) is 413 cm³/mol. The molecule has 18 aromatic rings. The lowest BCUT2D eigenvalue weighted by atomic mass is 9.79. The van der Waals surface area contributed by atoms with E-state index in [1.165, 1.54) is 133 Å². The van der Waals surface area contributed by atoms with E-state index < -0.39 is 7.12 Å². The van der Waals surface area contributed by atoms with Crippen molar-refractivity contribution >= 4 is 93.9 Å². The Labute approximate surface area is 575 Å². The molecule has 0 saturated heterocycles. The van der Waals surface area contributed by atoms with E-state index in [2.05, 4.69) is 301 Å². The Hall–Kier alpha value is -11.9. The molecule has 2 aliphatic rings. The van der Waals surface area contributed by atoms with Crippen molar-refractivity contribution in [1.82, 2.24) is 0 Å². The number of fused-ring (bicyclic) bond motifs is 12. The number of hydrogen-bond donors (Lipinski definition) is 2. The Morgan fingerprint density at radius 2 is 0.551 bits per heavy atom. The van der Waals surface area contributed by atoms with Crippen LogP contribution < -0.4 is 5.46 Å². The molecule has 0 bridgehead atoms. The molecule has 0 unspecified atom stereocenters. The van der Waals surface area contributed by atoms with Gasteiger partial charge in [-0.25, -0.2) is 0 Å².